The van der Waals surface area contributed by atoms with E-state index in [-0.39, 0.29) is 0 Å². The van der Waals surface area contributed by atoms with Crippen molar-refractivity contribution >= 4 is 27.2 Å². The molecule has 1 heteroatoms. The summed E-state index contributed by atoms with van der Waals surface area (Å²) < 4.78 is 0. The third-order valence-corrected chi connectivity index (χ3v) is 12.2. The predicted molar refractivity (Wildman–Crippen MR) is 219 cm³/mol. The Kier molecular flexibility index (Phi) is 5.56. The topological polar surface area (TPSA) is 4.36 Å². The molecule has 0 bridgehead atoms. The molecule has 9 aromatic rings. The summed E-state index contributed by atoms with van der Waals surface area (Å²) in [6.07, 6.45) is 0. The Labute approximate surface area is 307 Å². The van der Waals surface area contributed by atoms with Crippen LogP contribution in [0.15, 0.2) is 176 Å². The lowest BCUT2D eigenvalue weighted by Gasteiger charge is -2.31. The van der Waals surface area contributed by atoms with Gasteiger partial charge in [0.25, 0.3) is 0 Å². The molecular weight excluding hydrogens is 639 g/mol. The molecule has 0 fully saturated rings. The second-order valence-corrected chi connectivity index (χ2v) is 14.6. The summed E-state index contributed by atoms with van der Waals surface area (Å²) in [5.41, 5.74) is 20.5. The molecule has 0 aromatic heterocycles. The van der Waals surface area contributed by atoms with Gasteiger partial charge in [-0.2, -0.15) is 0 Å². The normalized spacial score (nSPS) is 13.4. The van der Waals surface area contributed by atoms with E-state index in [1.54, 1.807) is 0 Å². The van der Waals surface area contributed by atoms with Crippen LogP contribution >= 0.6 is 0 Å². The van der Waals surface area contributed by atoms with E-state index in [1.165, 1.54) is 99.4 Å². The van der Waals surface area contributed by atoms with Gasteiger partial charge < -0.3 is 0 Å². The second-order valence-electron chi connectivity index (χ2n) is 14.6. The number of hydrogen-bond acceptors (Lipinski definition) is 0. The first-order valence-corrected chi connectivity index (χ1v) is 18.3. The van der Waals surface area contributed by atoms with Gasteiger partial charge in [0.1, 0.15) is 0 Å². The molecule has 0 radical (unpaired) electrons. The van der Waals surface area contributed by atoms with Crippen molar-refractivity contribution in [3.05, 3.63) is 210 Å². The van der Waals surface area contributed by atoms with Crippen LogP contribution in [0.2, 0.25) is 0 Å². The zero-order valence-corrected chi connectivity index (χ0v) is 28.7. The lowest BCUT2D eigenvalue weighted by atomic mass is 9.69. The van der Waals surface area contributed by atoms with E-state index in [4.69, 9.17) is 6.57 Å². The fourth-order valence-electron chi connectivity index (χ4n) is 10.2. The highest BCUT2D eigenvalue weighted by Gasteiger charge is 2.53. The SMILES string of the molecule is [C-]#[N+]c1cccc(-c2cc3ccccc3cc2-c2c3c(cc4c2-c2ccccc2C42c4ccccc4-c4ccccc42)-c2cccc4cccc-3c24)c1. The Morgan fingerprint density at radius 2 is 0.887 bits per heavy atom. The van der Waals surface area contributed by atoms with E-state index < -0.39 is 5.41 Å². The molecule has 3 aliphatic rings. The molecule has 12 rings (SSSR count). The lowest BCUT2D eigenvalue weighted by molar-refractivity contribution is 0.794. The van der Waals surface area contributed by atoms with Gasteiger partial charge >= 0.3 is 0 Å². The van der Waals surface area contributed by atoms with E-state index in [2.05, 4.69) is 169 Å². The standard InChI is InChI=1S/C52H29N/c1-53-35-18-10-17-34(27-35)41-28-32-13-2-3-14-33(32)29-42(41)51-49-40-23-12-16-31-15-11-22-38(48(31)40)43(49)30-47-50(51)39-21-6-9-26-46(39)52(47)44-24-7-4-19-36(44)37-20-5-8-25-45(37)52/h2-30H. The molecule has 0 aliphatic heterocycles. The smallest absolute Gasteiger partial charge is 0.187 e. The maximum atomic E-state index is 7.91. The van der Waals surface area contributed by atoms with Crippen molar-refractivity contribution in [2.45, 2.75) is 5.41 Å². The molecular formula is C52H29N. The minimum atomic E-state index is -0.480. The van der Waals surface area contributed by atoms with Crippen LogP contribution in [0.5, 0.6) is 0 Å². The molecule has 3 aliphatic carbocycles. The van der Waals surface area contributed by atoms with Crippen LogP contribution in [0.3, 0.4) is 0 Å². The van der Waals surface area contributed by atoms with Crippen LogP contribution in [0.25, 0.3) is 93.2 Å². The van der Waals surface area contributed by atoms with Gasteiger partial charge in [0, 0.05) is 0 Å². The number of benzene rings is 9. The molecule has 0 atom stereocenters. The third-order valence-electron chi connectivity index (χ3n) is 12.2. The summed E-state index contributed by atoms with van der Waals surface area (Å²) in [5.74, 6) is 0. The van der Waals surface area contributed by atoms with E-state index in [9.17, 15) is 0 Å². The largest absolute Gasteiger partial charge is 0.238 e. The second kappa shape index (κ2) is 10.3. The molecule has 9 aromatic carbocycles. The third kappa shape index (κ3) is 3.55. The molecule has 0 N–H and O–H groups in total. The molecule has 0 saturated heterocycles. The minimum absolute atomic E-state index is 0.480. The number of hydrogen-bond donors (Lipinski definition) is 0. The zero-order chi connectivity index (χ0) is 34.8. The van der Waals surface area contributed by atoms with Crippen LogP contribution in [-0.4, -0.2) is 0 Å². The molecule has 1 nitrogen and oxygen atoms in total. The number of fused-ring (bicyclic) bond motifs is 14. The van der Waals surface area contributed by atoms with E-state index in [0.29, 0.717) is 5.69 Å². The molecule has 0 unspecified atom stereocenters. The Hall–Kier alpha value is -7.01. The Bertz CT molecular complexity index is 3080. The van der Waals surface area contributed by atoms with Crippen LogP contribution in [-0.2, 0) is 5.41 Å². The van der Waals surface area contributed by atoms with Crippen molar-refractivity contribution in [2.24, 2.45) is 0 Å². The van der Waals surface area contributed by atoms with Crippen molar-refractivity contribution in [3.63, 3.8) is 0 Å². The average Bonchev–Trinajstić information content (AvgIpc) is 3.82. The van der Waals surface area contributed by atoms with E-state index in [0.717, 1.165) is 11.1 Å². The van der Waals surface area contributed by atoms with Crippen molar-refractivity contribution in [1.29, 1.82) is 0 Å². The van der Waals surface area contributed by atoms with Gasteiger partial charge in [-0.15, -0.1) is 0 Å². The van der Waals surface area contributed by atoms with Crippen molar-refractivity contribution in [1.82, 2.24) is 0 Å². The molecule has 0 heterocycles. The van der Waals surface area contributed by atoms with Gasteiger partial charge in [0.05, 0.1) is 12.0 Å². The summed E-state index contributed by atoms with van der Waals surface area (Å²) in [4.78, 5) is 3.86. The average molecular weight is 668 g/mol. The Balaban J connectivity index is 1.33. The van der Waals surface area contributed by atoms with Crippen LogP contribution < -0.4 is 0 Å². The summed E-state index contributed by atoms with van der Waals surface area (Å²) in [5, 5.41) is 4.97. The quantitative estimate of drug-likeness (QED) is 0.162. The molecule has 53 heavy (non-hydrogen) atoms. The lowest BCUT2D eigenvalue weighted by Crippen LogP contribution is -2.26. The highest BCUT2D eigenvalue weighted by atomic mass is 14.6. The first-order valence-electron chi connectivity index (χ1n) is 18.3. The summed E-state index contributed by atoms with van der Waals surface area (Å²) in [6.45, 7) is 7.91. The Morgan fingerprint density at radius 3 is 1.58 bits per heavy atom. The van der Waals surface area contributed by atoms with Gasteiger partial charge in [-0.1, -0.05) is 152 Å². The highest BCUT2D eigenvalue weighted by molar-refractivity contribution is 6.22. The zero-order valence-electron chi connectivity index (χ0n) is 28.7. The van der Waals surface area contributed by atoms with Crippen LogP contribution in [0.4, 0.5) is 5.69 Å². The summed E-state index contributed by atoms with van der Waals surface area (Å²) in [6, 6.07) is 65.0. The molecule has 0 amide bonds. The van der Waals surface area contributed by atoms with Gasteiger partial charge in [-0.25, -0.2) is 4.85 Å². The van der Waals surface area contributed by atoms with Gasteiger partial charge in [-0.05, 0) is 135 Å². The molecule has 242 valence electrons. The monoisotopic (exact) mass is 667 g/mol. The van der Waals surface area contributed by atoms with Gasteiger partial charge in [0.2, 0.25) is 0 Å². The fourth-order valence-corrected chi connectivity index (χ4v) is 10.2. The number of nitrogens with zero attached hydrogens (tertiary/aromatic N) is 1. The highest BCUT2D eigenvalue weighted by Crippen LogP contribution is 2.67. The summed E-state index contributed by atoms with van der Waals surface area (Å²) in [7, 11) is 0. The maximum Gasteiger partial charge on any atom is 0.187 e. The fraction of sp³-hybridized carbons (Fsp3) is 0.0192. The van der Waals surface area contributed by atoms with E-state index in [1.807, 2.05) is 12.1 Å². The Morgan fingerprint density at radius 1 is 0.340 bits per heavy atom. The van der Waals surface area contributed by atoms with E-state index >= 15 is 0 Å². The summed E-state index contributed by atoms with van der Waals surface area (Å²) >= 11 is 0. The molecule has 1 spiro atoms. The predicted octanol–water partition coefficient (Wildman–Crippen LogP) is 13.9. The first-order chi connectivity index (χ1) is 26.3. The van der Waals surface area contributed by atoms with Gasteiger partial charge in [-0.3, -0.25) is 0 Å². The molecule has 0 saturated carbocycles. The van der Waals surface area contributed by atoms with Gasteiger partial charge in [0.15, 0.2) is 5.69 Å². The van der Waals surface area contributed by atoms with Crippen LogP contribution in [0, 0.1) is 6.57 Å². The minimum Gasteiger partial charge on any atom is -0.238 e. The van der Waals surface area contributed by atoms with Crippen molar-refractivity contribution < 1.29 is 0 Å². The number of rotatable bonds is 2. The first kappa shape index (κ1) is 28.7. The van der Waals surface area contributed by atoms with Crippen LogP contribution in [0.1, 0.15) is 22.3 Å². The van der Waals surface area contributed by atoms with Crippen molar-refractivity contribution in [3.8, 4) is 66.8 Å². The maximum absolute atomic E-state index is 7.91. The van der Waals surface area contributed by atoms with Crippen molar-refractivity contribution in [2.75, 3.05) is 0 Å².